The number of ether oxygens (including phenoxy) is 1. The molecule has 9 nitrogen and oxygen atoms in total. The highest BCUT2D eigenvalue weighted by molar-refractivity contribution is 5.97. The molecule has 1 amide bonds. The lowest BCUT2D eigenvalue weighted by molar-refractivity contribution is -0.383. The third kappa shape index (κ3) is 4.33. The summed E-state index contributed by atoms with van der Waals surface area (Å²) in [5.74, 6) is -1.48. The smallest absolute Gasteiger partial charge is 0.339 e. The van der Waals surface area contributed by atoms with Gasteiger partial charge in [0.25, 0.3) is 11.6 Å². The third-order valence-corrected chi connectivity index (χ3v) is 3.40. The van der Waals surface area contributed by atoms with E-state index in [1.807, 2.05) is 6.07 Å². The van der Waals surface area contributed by atoms with Gasteiger partial charge < -0.3 is 15.8 Å². The Hall–Kier alpha value is -3.93. The number of nitrogen functional groups attached to an aromatic ring is 1. The van der Waals surface area contributed by atoms with E-state index in [-0.39, 0.29) is 11.3 Å². The van der Waals surface area contributed by atoms with E-state index < -0.39 is 28.6 Å². The first-order chi connectivity index (χ1) is 12.3. The third-order valence-electron chi connectivity index (χ3n) is 3.40. The number of rotatable bonds is 5. The lowest BCUT2D eigenvalue weighted by atomic mass is 10.2. The van der Waals surface area contributed by atoms with Gasteiger partial charge in [-0.05, 0) is 43.3 Å². The van der Waals surface area contributed by atoms with Crippen molar-refractivity contribution >= 4 is 28.9 Å². The van der Waals surface area contributed by atoms with Crippen LogP contribution >= 0.6 is 0 Å². The van der Waals surface area contributed by atoms with Gasteiger partial charge in [-0.15, -0.1) is 0 Å². The van der Waals surface area contributed by atoms with E-state index in [0.717, 1.165) is 6.07 Å². The number of hydrogen-bond acceptors (Lipinski definition) is 7. The maximum atomic E-state index is 12.1. The molecule has 0 heterocycles. The summed E-state index contributed by atoms with van der Waals surface area (Å²) in [5, 5.41) is 22.1. The van der Waals surface area contributed by atoms with Gasteiger partial charge in [0.15, 0.2) is 6.10 Å². The Morgan fingerprint density at radius 3 is 2.50 bits per heavy atom. The van der Waals surface area contributed by atoms with Crippen LogP contribution < -0.4 is 11.1 Å². The van der Waals surface area contributed by atoms with E-state index in [9.17, 15) is 19.7 Å². The molecule has 0 aromatic heterocycles. The average Bonchev–Trinajstić information content (AvgIpc) is 2.62. The number of nitriles is 1. The zero-order chi connectivity index (χ0) is 19.3. The average molecular weight is 354 g/mol. The molecule has 3 N–H and O–H groups in total. The fourth-order valence-electron chi connectivity index (χ4n) is 1.98. The zero-order valence-electron chi connectivity index (χ0n) is 13.6. The first-order valence-electron chi connectivity index (χ1n) is 7.37. The summed E-state index contributed by atoms with van der Waals surface area (Å²) in [6.07, 6.45) is -1.14. The van der Waals surface area contributed by atoms with Crippen LogP contribution in [0.5, 0.6) is 0 Å². The van der Waals surface area contributed by atoms with Crippen molar-refractivity contribution in [1.82, 2.24) is 0 Å². The number of nitrogens with two attached hydrogens (primary N) is 1. The topological polar surface area (TPSA) is 148 Å². The normalized spacial score (nSPS) is 11.1. The molecule has 2 rings (SSSR count). The van der Waals surface area contributed by atoms with E-state index in [0.29, 0.717) is 11.3 Å². The number of benzene rings is 2. The van der Waals surface area contributed by atoms with E-state index in [1.165, 1.54) is 43.3 Å². The van der Waals surface area contributed by atoms with Crippen LogP contribution in [0, 0.1) is 21.4 Å². The van der Waals surface area contributed by atoms with Crippen molar-refractivity contribution in [2.75, 3.05) is 11.1 Å². The Kier molecular flexibility index (Phi) is 5.49. The maximum Gasteiger partial charge on any atom is 0.339 e. The van der Waals surface area contributed by atoms with Crippen LogP contribution in [-0.4, -0.2) is 22.9 Å². The molecule has 2 aromatic rings. The second kappa shape index (κ2) is 7.76. The fourth-order valence-corrected chi connectivity index (χ4v) is 1.98. The number of amides is 1. The first kappa shape index (κ1) is 18.4. The van der Waals surface area contributed by atoms with Gasteiger partial charge in [0.2, 0.25) is 0 Å². The Balaban J connectivity index is 2.03. The van der Waals surface area contributed by atoms with E-state index >= 15 is 0 Å². The summed E-state index contributed by atoms with van der Waals surface area (Å²) in [4.78, 5) is 34.3. The number of nitrogens with one attached hydrogen (secondary N) is 1. The predicted octanol–water partition coefficient (Wildman–Crippen LogP) is 2.23. The summed E-state index contributed by atoms with van der Waals surface area (Å²) >= 11 is 0. The molecule has 1 atom stereocenters. The highest BCUT2D eigenvalue weighted by Crippen LogP contribution is 2.23. The molecule has 0 saturated heterocycles. The van der Waals surface area contributed by atoms with Gasteiger partial charge in [0, 0.05) is 11.8 Å². The quantitative estimate of drug-likeness (QED) is 0.362. The monoisotopic (exact) mass is 354 g/mol. The lowest BCUT2D eigenvalue weighted by Gasteiger charge is -2.13. The molecule has 26 heavy (non-hydrogen) atoms. The molecule has 2 aromatic carbocycles. The Labute approximate surface area is 148 Å². The van der Waals surface area contributed by atoms with Gasteiger partial charge in [0.1, 0.15) is 5.69 Å². The largest absolute Gasteiger partial charge is 0.449 e. The van der Waals surface area contributed by atoms with Gasteiger partial charge in [-0.2, -0.15) is 5.26 Å². The summed E-state index contributed by atoms with van der Waals surface area (Å²) < 4.78 is 5.02. The molecular formula is C17H14N4O5. The molecular weight excluding hydrogens is 340 g/mol. The number of hydrogen-bond donors (Lipinski definition) is 2. The fraction of sp³-hybridized carbons (Fsp3) is 0.118. The molecule has 0 aliphatic heterocycles. The van der Waals surface area contributed by atoms with Crippen LogP contribution in [0.4, 0.5) is 17.1 Å². The van der Waals surface area contributed by atoms with Crippen LogP contribution in [0.15, 0.2) is 42.5 Å². The molecule has 0 fully saturated rings. The van der Waals surface area contributed by atoms with Gasteiger partial charge in [-0.1, -0.05) is 0 Å². The zero-order valence-corrected chi connectivity index (χ0v) is 13.6. The van der Waals surface area contributed by atoms with Gasteiger partial charge >= 0.3 is 5.97 Å². The number of nitro groups is 1. The number of esters is 1. The van der Waals surface area contributed by atoms with Crippen LogP contribution in [0.1, 0.15) is 22.8 Å². The highest BCUT2D eigenvalue weighted by Gasteiger charge is 2.21. The molecule has 0 aliphatic rings. The van der Waals surface area contributed by atoms with Crippen LogP contribution in [0.3, 0.4) is 0 Å². The Bertz CT molecular complexity index is 902. The second-order valence-corrected chi connectivity index (χ2v) is 5.26. The maximum absolute atomic E-state index is 12.1. The highest BCUT2D eigenvalue weighted by atomic mass is 16.6. The molecule has 0 unspecified atom stereocenters. The first-order valence-corrected chi connectivity index (χ1v) is 7.37. The molecule has 0 saturated carbocycles. The second-order valence-electron chi connectivity index (χ2n) is 5.26. The van der Waals surface area contributed by atoms with Crippen molar-refractivity contribution in [2.24, 2.45) is 0 Å². The van der Waals surface area contributed by atoms with Crippen molar-refractivity contribution in [3.05, 3.63) is 63.7 Å². The summed E-state index contributed by atoms with van der Waals surface area (Å²) in [6.45, 7) is 1.36. The molecule has 0 radical (unpaired) electrons. The number of nitrogens with zero attached hydrogens (tertiary/aromatic N) is 2. The molecule has 9 heteroatoms. The minimum absolute atomic E-state index is 0.0850. The number of nitro benzene ring substituents is 1. The molecule has 0 bridgehead atoms. The van der Waals surface area contributed by atoms with Crippen molar-refractivity contribution in [3.63, 3.8) is 0 Å². The molecule has 0 spiro atoms. The van der Waals surface area contributed by atoms with Crippen LogP contribution in [0.2, 0.25) is 0 Å². The lowest BCUT2D eigenvalue weighted by Crippen LogP contribution is -2.30. The van der Waals surface area contributed by atoms with Gasteiger partial charge in [-0.25, -0.2) is 4.79 Å². The minimum Gasteiger partial charge on any atom is -0.449 e. The Morgan fingerprint density at radius 1 is 1.27 bits per heavy atom. The summed E-state index contributed by atoms with van der Waals surface area (Å²) in [7, 11) is 0. The van der Waals surface area contributed by atoms with E-state index in [4.69, 9.17) is 15.7 Å². The van der Waals surface area contributed by atoms with Crippen molar-refractivity contribution in [3.8, 4) is 6.07 Å². The van der Waals surface area contributed by atoms with Crippen LogP contribution in [0.25, 0.3) is 0 Å². The van der Waals surface area contributed by atoms with E-state index in [1.54, 1.807) is 0 Å². The van der Waals surface area contributed by atoms with Gasteiger partial charge in [-0.3, -0.25) is 14.9 Å². The molecule has 0 aliphatic carbocycles. The number of carbonyl (C=O) groups is 2. The van der Waals surface area contributed by atoms with E-state index in [2.05, 4.69) is 5.32 Å². The van der Waals surface area contributed by atoms with Crippen LogP contribution in [-0.2, 0) is 9.53 Å². The van der Waals surface area contributed by atoms with Gasteiger partial charge in [0.05, 0.1) is 22.1 Å². The Morgan fingerprint density at radius 2 is 1.92 bits per heavy atom. The van der Waals surface area contributed by atoms with Crippen molar-refractivity contribution < 1.29 is 19.2 Å². The SMILES string of the molecule is C[C@H](OC(=O)c1ccc(N)c([N+](=O)[O-])c1)C(=O)Nc1ccc(C#N)cc1. The number of anilines is 2. The summed E-state index contributed by atoms with van der Waals surface area (Å²) in [5.41, 5.74) is 5.74. The molecule has 132 valence electrons. The standard InChI is InChI=1S/C17H14N4O5/c1-10(16(22)20-13-5-2-11(9-18)3-6-13)26-17(23)12-4-7-14(19)15(8-12)21(24)25/h2-8,10H,19H2,1H3,(H,20,22)/t10-/m0/s1. The number of carbonyl (C=O) groups excluding carboxylic acids is 2. The minimum atomic E-state index is -1.14. The predicted molar refractivity (Wildman–Crippen MR) is 92.2 cm³/mol. The van der Waals surface area contributed by atoms with Crippen molar-refractivity contribution in [1.29, 1.82) is 5.26 Å². The summed E-state index contributed by atoms with van der Waals surface area (Å²) in [6, 6.07) is 11.6. The van der Waals surface area contributed by atoms with Crippen molar-refractivity contribution in [2.45, 2.75) is 13.0 Å².